The minimum atomic E-state index is -0.261. The molecule has 0 saturated carbocycles. The van der Waals surface area contributed by atoms with Gasteiger partial charge in [0, 0.05) is 12.2 Å². The Morgan fingerprint density at radius 3 is 2.62 bits per heavy atom. The van der Waals surface area contributed by atoms with E-state index < -0.39 is 0 Å². The minimum Gasteiger partial charge on any atom is -0.491 e. The van der Waals surface area contributed by atoms with Crippen molar-refractivity contribution in [3.8, 4) is 5.75 Å². The standard InChI is InChI=1S/C19H23FN2OS/c1-14(2)23-18-7-3-5-15(13-18)6-4-12-21-19(24)22-17-10-8-16(20)9-11-17/h3,5,7-11,13-14H,4,6,12H2,1-2H3,(H2,21,22,24). The smallest absolute Gasteiger partial charge is 0.170 e. The Balaban J connectivity index is 1.70. The van der Waals surface area contributed by atoms with Crippen LogP contribution in [0.1, 0.15) is 25.8 Å². The maximum Gasteiger partial charge on any atom is 0.170 e. The molecule has 0 spiro atoms. The van der Waals surface area contributed by atoms with Crippen LogP contribution in [0.3, 0.4) is 0 Å². The number of halogens is 1. The first-order valence-corrected chi connectivity index (χ1v) is 8.50. The van der Waals surface area contributed by atoms with Gasteiger partial charge in [0.25, 0.3) is 0 Å². The van der Waals surface area contributed by atoms with Gasteiger partial charge in [0.05, 0.1) is 6.10 Å². The van der Waals surface area contributed by atoms with Gasteiger partial charge in [0.15, 0.2) is 5.11 Å². The van der Waals surface area contributed by atoms with Crippen molar-refractivity contribution in [2.75, 3.05) is 11.9 Å². The van der Waals surface area contributed by atoms with Crippen LogP contribution in [-0.4, -0.2) is 17.8 Å². The molecule has 0 radical (unpaired) electrons. The fourth-order valence-electron chi connectivity index (χ4n) is 2.25. The summed E-state index contributed by atoms with van der Waals surface area (Å²) in [6, 6.07) is 14.3. The van der Waals surface area contributed by atoms with E-state index in [-0.39, 0.29) is 11.9 Å². The number of benzene rings is 2. The van der Waals surface area contributed by atoms with Crippen molar-refractivity contribution in [2.24, 2.45) is 0 Å². The van der Waals surface area contributed by atoms with E-state index in [1.165, 1.54) is 17.7 Å². The third-order valence-electron chi connectivity index (χ3n) is 3.30. The lowest BCUT2D eigenvalue weighted by atomic mass is 10.1. The van der Waals surface area contributed by atoms with Gasteiger partial charge in [-0.1, -0.05) is 12.1 Å². The van der Waals surface area contributed by atoms with Gasteiger partial charge < -0.3 is 15.4 Å². The van der Waals surface area contributed by atoms with Gasteiger partial charge in [0.2, 0.25) is 0 Å². The van der Waals surface area contributed by atoms with Crippen LogP contribution in [0.5, 0.6) is 5.75 Å². The first-order valence-electron chi connectivity index (χ1n) is 8.09. The summed E-state index contributed by atoms with van der Waals surface area (Å²) in [5.74, 6) is 0.645. The highest BCUT2D eigenvalue weighted by atomic mass is 32.1. The SMILES string of the molecule is CC(C)Oc1cccc(CCCNC(=S)Nc2ccc(F)cc2)c1. The van der Waals surface area contributed by atoms with E-state index in [1.807, 2.05) is 26.0 Å². The fourth-order valence-corrected chi connectivity index (χ4v) is 2.47. The highest BCUT2D eigenvalue weighted by Crippen LogP contribution is 2.16. The molecule has 0 saturated heterocycles. The van der Waals surface area contributed by atoms with E-state index in [0.29, 0.717) is 5.11 Å². The molecule has 0 atom stereocenters. The fraction of sp³-hybridized carbons (Fsp3) is 0.316. The number of thiocarbonyl (C=S) groups is 1. The zero-order valence-electron chi connectivity index (χ0n) is 14.0. The number of nitrogens with one attached hydrogen (secondary N) is 2. The van der Waals surface area contributed by atoms with E-state index in [0.717, 1.165) is 30.8 Å². The zero-order chi connectivity index (χ0) is 17.4. The van der Waals surface area contributed by atoms with Crippen molar-refractivity contribution in [2.45, 2.75) is 32.8 Å². The Bertz CT molecular complexity index is 659. The van der Waals surface area contributed by atoms with Crippen molar-refractivity contribution in [3.63, 3.8) is 0 Å². The van der Waals surface area contributed by atoms with E-state index in [4.69, 9.17) is 17.0 Å². The molecular formula is C19H23FN2OS. The number of anilines is 1. The summed E-state index contributed by atoms with van der Waals surface area (Å²) >= 11 is 5.23. The molecule has 24 heavy (non-hydrogen) atoms. The van der Waals surface area contributed by atoms with Crippen molar-refractivity contribution in [1.82, 2.24) is 5.32 Å². The first kappa shape index (κ1) is 18.2. The number of hydrogen-bond donors (Lipinski definition) is 2. The molecule has 0 heterocycles. The van der Waals surface area contributed by atoms with Gasteiger partial charge in [-0.15, -0.1) is 0 Å². The summed E-state index contributed by atoms with van der Waals surface area (Å²) in [4.78, 5) is 0. The normalized spacial score (nSPS) is 10.5. The summed E-state index contributed by atoms with van der Waals surface area (Å²) in [6.45, 7) is 4.81. The second kappa shape index (κ2) is 9.23. The Morgan fingerprint density at radius 1 is 1.17 bits per heavy atom. The van der Waals surface area contributed by atoms with E-state index in [9.17, 15) is 4.39 Å². The summed E-state index contributed by atoms with van der Waals surface area (Å²) in [7, 11) is 0. The molecule has 0 bridgehead atoms. The van der Waals surface area contributed by atoms with Crippen LogP contribution in [0.25, 0.3) is 0 Å². The van der Waals surface area contributed by atoms with Crippen LogP contribution in [0.2, 0.25) is 0 Å². The maximum atomic E-state index is 12.8. The number of aryl methyl sites for hydroxylation is 1. The monoisotopic (exact) mass is 346 g/mol. The largest absolute Gasteiger partial charge is 0.491 e. The average Bonchev–Trinajstić information content (AvgIpc) is 2.53. The van der Waals surface area contributed by atoms with Gasteiger partial charge in [-0.2, -0.15) is 0 Å². The van der Waals surface area contributed by atoms with Crippen LogP contribution < -0.4 is 15.4 Å². The molecule has 3 nitrogen and oxygen atoms in total. The third kappa shape index (κ3) is 6.54. The van der Waals surface area contributed by atoms with Crippen molar-refractivity contribution in [3.05, 3.63) is 59.9 Å². The van der Waals surface area contributed by atoms with E-state index in [1.54, 1.807) is 12.1 Å². The summed E-state index contributed by atoms with van der Waals surface area (Å²) < 4.78 is 18.5. The summed E-state index contributed by atoms with van der Waals surface area (Å²) in [5.41, 5.74) is 2.01. The van der Waals surface area contributed by atoms with Crippen LogP contribution in [0.4, 0.5) is 10.1 Å². The van der Waals surface area contributed by atoms with Crippen LogP contribution in [-0.2, 0) is 6.42 Å². The topological polar surface area (TPSA) is 33.3 Å². The molecule has 0 aliphatic carbocycles. The highest BCUT2D eigenvalue weighted by molar-refractivity contribution is 7.80. The predicted octanol–water partition coefficient (Wildman–Crippen LogP) is 4.53. The molecule has 5 heteroatoms. The lowest BCUT2D eigenvalue weighted by Gasteiger charge is -2.12. The molecule has 0 aromatic heterocycles. The molecule has 2 N–H and O–H groups in total. The summed E-state index contributed by atoms with van der Waals surface area (Å²) in [5, 5.41) is 6.73. The summed E-state index contributed by atoms with van der Waals surface area (Å²) in [6.07, 6.45) is 2.08. The quantitative estimate of drug-likeness (QED) is 0.570. The first-order chi connectivity index (χ1) is 11.5. The molecule has 0 unspecified atom stereocenters. The second-order valence-electron chi connectivity index (χ2n) is 5.81. The Kier molecular flexibility index (Phi) is 7.00. The molecule has 2 aromatic rings. The lowest BCUT2D eigenvalue weighted by Crippen LogP contribution is -2.29. The number of rotatable bonds is 7. The Labute approximate surface area is 148 Å². The van der Waals surface area contributed by atoms with Crippen LogP contribution in [0, 0.1) is 5.82 Å². The molecular weight excluding hydrogens is 323 g/mol. The number of ether oxygens (including phenoxy) is 1. The molecule has 2 aromatic carbocycles. The van der Waals surface area contributed by atoms with Crippen molar-refractivity contribution >= 4 is 23.0 Å². The molecule has 0 aliphatic heterocycles. The Morgan fingerprint density at radius 2 is 1.92 bits per heavy atom. The van der Waals surface area contributed by atoms with Gasteiger partial charge in [-0.05, 0) is 80.9 Å². The van der Waals surface area contributed by atoms with Gasteiger partial charge in [-0.25, -0.2) is 4.39 Å². The zero-order valence-corrected chi connectivity index (χ0v) is 14.8. The van der Waals surface area contributed by atoms with E-state index in [2.05, 4.69) is 22.8 Å². The van der Waals surface area contributed by atoms with Crippen LogP contribution in [0.15, 0.2) is 48.5 Å². The van der Waals surface area contributed by atoms with Gasteiger partial charge >= 0.3 is 0 Å². The minimum absolute atomic E-state index is 0.178. The number of hydrogen-bond acceptors (Lipinski definition) is 2. The van der Waals surface area contributed by atoms with E-state index >= 15 is 0 Å². The van der Waals surface area contributed by atoms with Crippen LogP contribution >= 0.6 is 12.2 Å². The maximum absolute atomic E-state index is 12.8. The van der Waals surface area contributed by atoms with Gasteiger partial charge in [-0.3, -0.25) is 0 Å². The lowest BCUT2D eigenvalue weighted by molar-refractivity contribution is 0.242. The third-order valence-corrected chi connectivity index (χ3v) is 3.55. The molecule has 128 valence electrons. The second-order valence-corrected chi connectivity index (χ2v) is 6.21. The Hall–Kier alpha value is -2.14. The van der Waals surface area contributed by atoms with Gasteiger partial charge in [0.1, 0.15) is 11.6 Å². The predicted molar refractivity (Wildman–Crippen MR) is 101 cm³/mol. The highest BCUT2D eigenvalue weighted by Gasteiger charge is 2.01. The van der Waals surface area contributed by atoms with Crippen molar-refractivity contribution < 1.29 is 9.13 Å². The molecule has 0 amide bonds. The van der Waals surface area contributed by atoms with Crippen molar-refractivity contribution in [1.29, 1.82) is 0 Å². The molecule has 0 fully saturated rings. The average molecular weight is 346 g/mol. The molecule has 2 rings (SSSR count). The molecule has 0 aliphatic rings.